The van der Waals surface area contributed by atoms with Crippen LogP contribution in [0.5, 0.6) is 0 Å². The van der Waals surface area contributed by atoms with Crippen molar-refractivity contribution in [2.75, 3.05) is 37.7 Å². The molecule has 32 heavy (non-hydrogen) atoms. The van der Waals surface area contributed by atoms with Crippen molar-refractivity contribution in [1.29, 1.82) is 0 Å². The van der Waals surface area contributed by atoms with Crippen molar-refractivity contribution in [3.63, 3.8) is 0 Å². The highest BCUT2D eigenvalue weighted by molar-refractivity contribution is 6.07. The number of morpholine rings is 1. The third-order valence-corrected chi connectivity index (χ3v) is 6.49. The van der Waals surface area contributed by atoms with Gasteiger partial charge in [-0.3, -0.25) is 14.5 Å². The van der Waals surface area contributed by atoms with E-state index in [1.807, 2.05) is 0 Å². The summed E-state index contributed by atoms with van der Waals surface area (Å²) in [5.41, 5.74) is -1.55. The summed E-state index contributed by atoms with van der Waals surface area (Å²) in [4.78, 5) is 40.9. The number of hydrogen-bond acceptors (Lipinski definition) is 6. The first-order valence-corrected chi connectivity index (χ1v) is 11.0. The highest BCUT2D eigenvalue weighted by atomic mass is 19.1. The summed E-state index contributed by atoms with van der Waals surface area (Å²) in [5.74, 6) is -1.57. The van der Waals surface area contributed by atoms with Gasteiger partial charge in [0.05, 0.1) is 19.8 Å². The van der Waals surface area contributed by atoms with Crippen LogP contribution in [0.2, 0.25) is 0 Å². The first-order chi connectivity index (χ1) is 15.2. The topological polar surface area (TPSA) is 111 Å². The molecule has 1 atom stereocenters. The summed E-state index contributed by atoms with van der Waals surface area (Å²) in [6.07, 6.45) is 2.81. The van der Waals surface area contributed by atoms with Gasteiger partial charge in [0.25, 0.3) is 11.8 Å². The molecule has 2 aliphatic heterocycles. The predicted molar refractivity (Wildman–Crippen MR) is 113 cm³/mol. The maximum absolute atomic E-state index is 13.9. The van der Waals surface area contributed by atoms with E-state index in [2.05, 4.69) is 15.5 Å². The maximum Gasteiger partial charge on any atom is 0.325 e. The molecule has 1 saturated carbocycles. The average molecular weight is 448 g/mol. The van der Waals surface area contributed by atoms with Gasteiger partial charge in [-0.05, 0) is 43.5 Å². The van der Waals surface area contributed by atoms with E-state index in [4.69, 9.17) is 4.74 Å². The predicted octanol–water partition coefficient (Wildman–Crippen LogP) is 0.894. The van der Waals surface area contributed by atoms with E-state index < -0.39 is 41.3 Å². The number of ether oxygens (including phenoxy) is 1. The van der Waals surface area contributed by atoms with Crippen LogP contribution in [-0.2, 0) is 20.9 Å². The summed E-state index contributed by atoms with van der Waals surface area (Å²) in [6.45, 7) is 3.22. The summed E-state index contributed by atoms with van der Waals surface area (Å²) < 4.78 is 19.2. The number of carbonyl (C=O) groups excluding carboxylic acids is 3. The van der Waals surface area contributed by atoms with Crippen LogP contribution in [0, 0.1) is 5.82 Å². The van der Waals surface area contributed by atoms with Gasteiger partial charge in [0.2, 0.25) is 0 Å². The Kier molecular flexibility index (Phi) is 6.09. The molecule has 1 aliphatic carbocycles. The SMILES string of the molecule is CC(O)(CN1C(=O)NC2(CCCC2)C1=O)C(=O)NCc1cc(F)ccc1N1CCOCC1. The van der Waals surface area contributed by atoms with Gasteiger partial charge in [0.1, 0.15) is 11.4 Å². The zero-order valence-corrected chi connectivity index (χ0v) is 18.2. The molecule has 174 valence electrons. The van der Waals surface area contributed by atoms with E-state index in [1.54, 1.807) is 6.07 Å². The zero-order chi connectivity index (χ0) is 22.9. The molecule has 0 radical (unpaired) electrons. The Morgan fingerprint density at radius 3 is 2.66 bits per heavy atom. The fourth-order valence-electron chi connectivity index (χ4n) is 4.69. The molecule has 2 heterocycles. The van der Waals surface area contributed by atoms with Crippen molar-refractivity contribution >= 4 is 23.5 Å². The molecular formula is C22H29FN4O5. The van der Waals surface area contributed by atoms with Crippen LogP contribution in [0.15, 0.2) is 18.2 Å². The number of rotatable bonds is 6. The lowest BCUT2D eigenvalue weighted by Gasteiger charge is -2.31. The normalized spacial score (nSPS) is 22.2. The van der Waals surface area contributed by atoms with Gasteiger partial charge in [0, 0.05) is 25.3 Å². The highest BCUT2D eigenvalue weighted by Gasteiger charge is 2.54. The number of hydrogen-bond donors (Lipinski definition) is 3. The lowest BCUT2D eigenvalue weighted by molar-refractivity contribution is -0.142. The number of amides is 4. The fraction of sp³-hybridized carbons (Fsp3) is 0.591. The average Bonchev–Trinajstić information content (AvgIpc) is 3.33. The molecular weight excluding hydrogens is 419 g/mol. The minimum atomic E-state index is -2.00. The number of benzene rings is 1. The Labute approximate surface area is 185 Å². The first kappa shape index (κ1) is 22.5. The second-order valence-corrected chi connectivity index (χ2v) is 8.94. The van der Waals surface area contributed by atoms with Crippen molar-refractivity contribution in [1.82, 2.24) is 15.5 Å². The third kappa shape index (κ3) is 4.29. The van der Waals surface area contributed by atoms with Crippen LogP contribution in [0.3, 0.4) is 0 Å². The molecule has 1 spiro atoms. The van der Waals surface area contributed by atoms with Gasteiger partial charge in [0.15, 0.2) is 5.60 Å². The van der Waals surface area contributed by atoms with Crippen LogP contribution in [0.1, 0.15) is 38.2 Å². The van der Waals surface area contributed by atoms with Crippen LogP contribution in [0.25, 0.3) is 0 Å². The number of nitrogens with zero attached hydrogens (tertiary/aromatic N) is 2. The lowest BCUT2D eigenvalue weighted by atomic mass is 9.97. The summed E-state index contributed by atoms with van der Waals surface area (Å²) in [6, 6.07) is 3.78. The number of carbonyl (C=O) groups is 3. The number of imide groups is 1. The number of aliphatic hydroxyl groups is 1. The van der Waals surface area contributed by atoms with Gasteiger partial charge in [-0.15, -0.1) is 0 Å². The van der Waals surface area contributed by atoms with Gasteiger partial charge in [-0.1, -0.05) is 12.8 Å². The van der Waals surface area contributed by atoms with E-state index in [-0.39, 0.29) is 6.54 Å². The molecule has 1 aromatic carbocycles. The molecule has 3 N–H and O–H groups in total. The van der Waals surface area contributed by atoms with E-state index in [9.17, 15) is 23.9 Å². The number of anilines is 1. The number of β-amino-alcohol motifs (C(OH)–C–C–N with tert-alkyl or cyclic N) is 1. The lowest BCUT2D eigenvalue weighted by Crippen LogP contribution is -2.54. The maximum atomic E-state index is 13.9. The van der Waals surface area contributed by atoms with Crippen LogP contribution in [-0.4, -0.2) is 71.8 Å². The molecule has 1 unspecified atom stereocenters. The fourth-order valence-corrected chi connectivity index (χ4v) is 4.69. The quantitative estimate of drug-likeness (QED) is 0.558. The van der Waals surface area contributed by atoms with Crippen molar-refractivity contribution in [2.24, 2.45) is 0 Å². The number of halogens is 1. The van der Waals surface area contributed by atoms with E-state index in [0.717, 1.165) is 23.4 Å². The van der Waals surface area contributed by atoms with E-state index >= 15 is 0 Å². The first-order valence-electron chi connectivity index (χ1n) is 11.0. The molecule has 3 fully saturated rings. The molecule has 0 bridgehead atoms. The van der Waals surface area contributed by atoms with Crippen LogP contribution >= 0.6 is 0 Å². The molecule has 4 rings (SSSR count). The Balaban J connectivity index is 1.42. The van der Waals surface area contributed by atoms with Gasteiger partial charge in [-0.2, -0.15) is 0 Å². The standard InChI is InChI=1S/C22H29FN4O5/c1-21(31,14-27-19(29)22(25-20(27)30)6-2-3-7-22)18(28)24-13-15-12-16(23)4-5-17(15)26-8-10-32-11-9-26/h4-5,12,31H,2-3,6-11,13-14H2,1H3,(H,24,28)(H,25,30). The number of nitrogens with one attached hydrogen (secondary N) is 2. The van der Waals surface area contributed by atoms with E-state index in [0.29, 0.717) is 44.7 Å². The highest BCUT2D eigenvalue weighted by Crippen LogP contribution is 2.35. The van der Waals surface area contributed by atoms with Crippen molar-refractivity contribution in [3.8, 4) is 0 Å². The minimum Gasteiger partial charge on any atom is -0.378 e. The Morgan fingerprint density at radius 1 is 1.28 bits per heavy atom. The Bertz CT molecular complexity index is 910. The van der Waals surface area contributed by atoms with Gasteiger partial charge >= 0.3 is 6.03 Å². The molecule has 2 saturated heterocycles. The summed E-state index contributed by atoms with van der Waals surface area (Å²) in [5, 5.41) is 16.1. The van der Waals surface area contributed by atoms with Crippen LogP contribution in [0.4, 0.5) is 14.9 Å². The molecule has 9 nitrogen and oxygen atoms in total. The van der Waals surface area contributed by atoms with Crippen LogP contribution < -0.4 is 15.5 Å². The smallest absolute Gasteiger partial charge is 0.325 e. The number of urea groups is 1. The monoisotopic (exact) mass is 448 g/mol. The summed E-state index contributed by atoms with van der Waals surface area (Å²) in [7, 11) is 0. The van der Waals surface area contributed by atoms with Crippen molar-refractivity contribution in [2.45, 2.75) is 50.3 Å². The molecule has 4 amide bonds. The second-order valence-electron chi connectivity index (χ2n) is 8.94. The molecule has 10 heteroatoms. The largest absolute Gasteiger partial charge is 0.378 e. The second kappa shape index (κ2) is 8.67. The summed E-state index contributed by atoms with van der Waals surface area (Å²) >= 11 is 0. The Hall–Kier alpha value is -2.72. The molecule has 1 aromatic rings. The van der Waals surface area contributed by atoms with Gasteiger partial charge < -0.3 is 25.4 Å². The van der Waals surface area contributed by atoms with Gasteiger partial charge in [-0.25, -0.2) is 9.18 Å². The zero-order valence-electron chi connectivity index (χ0n) is 18.2. The molecule has 3 aliphatic rings. The van der Waals surface area contributed by atoms with Crippen molar-refractivity contribution < 1.29 is 28.6 Å². The van der Waals surface area contributed by atoms with Crippen molar-refractivity contribution in [3.05, 3.63) is 29.6 Å². The minimum absolute atomic E-state index is 0.0104. The molecule has 0 aromatic heterocycles. The Morgan fingerprint density at radius 2 is 1.97 bits per heavy atom. The third-order valence-electron chi connectivity index (χ3n) is 6.49. The van der Waals surface area contributed by atoms with E-state index in [1.165, 1.54) is 19.1 Å².